The van der Waals surface area contributed by atoms with E-state index in [0.717, 1.165) is 28.7 Å². The summed E-state index contributed by atoms with van der Waals surface area (Å²) in [5.41, 5.74) is 8.84. The van der Waals surface area contributed by atoms with Crippen LogP contribution < -0.4 is 5.73 Å². The second-order valence-corrected chi connectivity index (χ2v) is 4.25. The molecule has 2 rings (SSSR count). The van der Waals surface area contributed by atoms with Crippen LogP contribution >= 0.6 is 0 Å². The van der Waals surface area contributed by atoms with E-state index in [9.17, 15) is 0 Å². The molecule has 76 valence electrons. The third kappa shape index (κ3) is 1.52. The van der Waals surface area contributed by atoms with Crippen LogP contribution in [0.1, 0.15) is 42.0 Å². The van der Waals surface area contributed by atoms with E-state index in [-0.39, 0.29) is 0 Å². The fraction of sp³-hybridized carbons (Fsp3) is 0.636. The van der Waals surface area contributed by atoms with Gasteiger partial charge in [-0.1, -0.05) is 6.92 Å². The molecule has 2 unspecified atom stereocenters. The zero-order valence-electron chi connectivity index (χ0n) is 9.04. The van der Waals surface area contributed by atoms with Crippen molar-refractivity contribution in [1.82, 2.24) is 9.97 Å². The molecular weight excluding hydrogens is 174 g/mol. The van der Waals surface area contributed by atoms with E-state index in [2.05, 4.69) is 16.9 Å². The molecule has 3 nitrogen and oxygen atoms in total. The Kier molecular flexibility index (Phi) is 2.27. The molecule has 0 aliphatic heterocycles. The first-order chi connectivity index (χ1) is 6.63. The van der Waals surface area contributed by atoms with Gasteiger partial charge < -0.3 is 5.73 Å². The third-order valence-corrected chi connectivity index (χ3v) is 3.08. The van der Waals surface area contributed by atoms with Crippen LogP contribution in [0.5, 0.6) is 0 Å². The van der Waals surface area contributed by atoms with Gasteiger partial charge in [-0.05, 0) is 26.2 Å². The highest BCUT2D eigenvalue weighted by Crippen LogP contribution is 2.45. The quantitative estimate of drug-likeness (QED) is 0.773. The van der Waals surface area contributed by atoms with Gasteiger partial charge in [0.25, 0.3) is 0 Å². The molecule has 0 radical (unpaired) electrons. The van der Waals surface area contributed by atoms with Gasteiger partial charge in [0, 0.05) is 29.4 Å². The molecule has 1 heterocycles. The summed E-state index contributed by atoms with van der Waals surface area (Å²) in [6, 6.07) is 0. The number of aromatic nitrogens is 2. The average Bonchev–Trinajstić information content (AvgIpc) is 2.82. The van der Waals surface area contributed by atoms with Crippen molar-refractivity contribution >= 4 is 0 Å². The fourth-order valence-electron chi connectivity index (χ4n) is 1.91. The lowest BCUT2D eigenvalue weighted by Crippen LogP contribution is -2.08. The highest BCUT2D eigenvalue weighted by atomic mass is 14.9. The maximum absolute atomic E-state index is 5.64. The predicted molar refractivity (Wildman–Crippen MR) is 55.9 cm³/mol. The maximum atomic E-state index is 5.64. The van der Waals surface area contributed by atoms with E-state index in [4.69, 9.17) is 5.73 Å². The van der Waals surface area contributed by atoms with Crippen molar-refractivity contribution in [3.8, 4) is 0 Å². The van der Waals surface area contributed by atoms with E-state index < -0.39 is 0 Å². The fourth-order valence-corrected chi connectivity index (χ4v) is 1.91. The van der Waals surface area contributed by atoms with E-state index in [1.165, 1.54) is 6.42 Å². The van der Waals surface area contributed by atoms with Gasteiger partial charge in [0.15, 0.2) is 0 Å². The number of hydrogen-bond acceptors (Lipinski definition) is 3. The molecule has 1 saturated carbocycles. The lowest BCUT2D eigenvalue weighted by molar-refractivity contribution is 0.803. The van der Waals surface area contributed by atoms with Crippen LogP contribution in [0.3, 0.4) is 0 Å². The highest BCUT2D eigenvalue weighted by Gasteiger charge is 2.36. The minimum absolute atomic E-state index is 0.540. The van der Waals surface area contributed by atoms with Gasteiger partial charge in [0.05, 0.1) is 0 Å². The van der Waals surface area contributed by atoms with Crippen molar-refractivity contribution in [3.05, 3.63) is 22.8 Å². The summed E-state index contributed by atoms with van der Waals surface area (Å²) >= 11 is 0. The van der Waals surface area contributed by atoms with Gasteiger partial charge in [-0.25, -0.2) is 9.97 Å². The largest absolute Gasteiger partial charge is 0.326 e. The Hall–Kier alpha value is -0.960. The van der Waals surface area contributed by atoms with Crippen molar-refractivity contribution in [3.63, 3.8) is 0 Å². The van der Waals surface area contributed by atoms with E-state index in [1.807, 2.05) is 13.8 Å². The summed E-state index contributed by atoms with van der Waals surface area (Å²) in [5.74, 6) is 2.38. The first-order valence-corrected chi connectivity index (χ1v) is 5.17. The average molecular weight is 191 g/mol. The molecule has 0 aromatic carbocycles. The van der Waals surface area contributed by atoms with Crippen molar-refractivity contribution in [2.24, 2.45) is 11.7 Å². The second-order valence-electron chi connectivity index (χ2n) is 4.25. The molecule has 2 N–H and O–H groups in total. The summed E-state index contributed by atoms with van der Waals surface area (Å²) in [7, 11) is 0. The van der Waals surface area contributed by atoms with Crippen molar-refractivity contribution in [1.29, 1.82) is 0 Å². The molecule has 2 atom stereocenters. The monoisotopic (exact) mass is 191 g/mol. The summed E-state index contributed by atoms with van der Waals surface area (Å²) in [6.45, 7) is 6.83. The van der Waals surface area contributed by atoms with Crippen molar-refractivity contribution in [2.75, 3.05) is 0 Å². The van der Waals surface area contributed by atoms with Gasteiger partial charge >= 0.3 is 0 Å². The van der Waals surface area contributed by atoms with Crippen LogP contribution in [0, 0.1) is 19.8 Å². The van der Waals surface area contributed by atoms with E-state index in [1.54, 1.807) is 0 Å². The van der Waals surface area contributed by atoms with Crippen LogP contribution in [0.2, 0.25) is 0 Å². The molecule has 0 spiro atoms. The predicted octanol–water partition coefficient (Wildman–Crippen LogP) is 1.68. The molecular formula is C11H17N3. The number of hydrogen-bond donors (Lipinski definition) is 1. The Morgan fingerprint density at radius 3 is 2.14 bits per heavy atom. The molecule has 0 saturated heterocycles. The summed E-state index contributed by atoms with van der Waals surface area (Å²) < 4.78 is 0. The number of nitrogens with two attached hydrogens (primary N) is 1. The highest BCUT2D eigenvalue weighted by molar-refractivity contribution is 5.26. The lowest BCUT2D eigenvalue weighted by atomic mass is 10.1. The number of rotatable bonds is 2. The molecule has 1 aromatic heterocycles. The first-order valence-electron chi connectivity index (χ1n) is 5.17. The third-order valence-electron chi connectivity index (χ3n) is 3.08. The minimum Gasteiger partial charge on any atom is -0.326 e. The second kappa shape index (κ2) is 3.31. The number of aryl methyl sites for hydroxylation is 2. The van der Waals surface area contributed by atoms with Gasteiger partial charge in [-0.15, -0.1) is 0 Å². The van der Waals surface area contributed by atoms with E-state index in [0.29, 0.717) is 12.5 Å². The van der Waals surface area contributed by atoms with Crippen molar-refractivity contribution < 1.29 is 0 Å². The topological polar surface area (TPSA) is 51.8 Å². The van der Waals surface area contributed by atoms with Crippen LogP contribution in [0.15, 0.2) is 0 Å². The standard InChI is InChI=1S/C11H17N3/c1-6-4-9(6)11-13-7(2)10(5-12)8(3)14-11/h6,9H,4-5,12H2,1-3H3. The van der Waals surface area contributed by atoms with E-state index >= 15 is 0 Å². The van der Waals surface area contributed by atoms with Gasteiger partial charge in [0.1, 0.15) is 5.82 Å². The molecule has 0 bridgehead atoms. The number of nitrogens with zero attached hydrogens (tertiary/aromatic N) is 2. The molecule has 1 fully saturated rings. The molecule has 1 aromatic rings. The zero-order chi connectivity index (χ0) is 10.3. The lowest BCUT2D eigenvalue weighted by Gasteiger charge is -2.08. The summed E-state index contributed by atoms with van der Waals surface area (Å²) in [6.07, 6.45) is 1.24. The first kappa shape index (κ1) is 9.59. The Bertz CT molecular complexity index is 337. The zero-order valence-corrected chi connectivity index (χ0v) is 9.04. The Balaban J connectivity index is 2.37. The summed E-state index contributed by atoms with van der Waals surface area (Å²) in [5, 5.41) is 0. The van der Waals surface area contributed by atoms with Gasteiger partial charge in [-0.2, -0.15) is 0 Å². The normalized spacial score (nSPS) is 25.1. The molecule has 1 aliphatic carbocycles. The van der Waals surface area contributed by atoms with Crippen LogP contribution in [-0.4, -0.2) is 9.97 Å². The molecule has 1 aliphatic rings. The Labute approximate surface area is 84.8 Å². The van der Waals surface area contributed by atoms with Crippen LogP contribution in [0.4, 0.5) is 0 Å². The smallest absolute Gasteiger partial charge is 0.132 e. The summed E-state index contributed by atoms with van der Waals surface area (Å²) in [4.78, 5) is 9.05. The van der Waals surface area contributed by atoms with Crippen molar-refractivity contribution in [2.45, 2.75) is 39.7 Å². The van der Waals surface area contributed by atoms with Crippen LogP contribution in [0.25, 0.3) is 0 Å². The molecule has 3 heteroatoms. The van der Waals surface area contributed by atoms with Gasteiger partial charge in [0.2, 0.25) is 0 Å². The molecule has 0 amide bonds. The van der Waals surface area contributed by atoms with Gasteiger partial charge in [-0.3, -0.25) is 0 Å². The Morgan fingerprint density at radius 2 is 1.79 bits per heavy atom. The minimum atomic E-state index is 0.540. The SMILES string of the molecule is Cc1nc(C2CC2C)nc(C)c1CN. The van der Waals surface area contributed by atoms with Crippen LogP contribution in [-0.2, 0) is 6.54 Å². The maximum Gasteiger partial charge on any atom is 0.132 e. The Morgan fingerprint density at radius 1 is 1.29 bits per heavy atom. The molecule has 14 heavy (non-hydrogen) atoms.